The number of rotatable bonds is 15. The smallest absolute Gasteiger partial charge is 0.394 e. The van der Waals surface area contributed by atoms with Crippen LogP contribution < -0.4 is 0 Å². The first-order chi connectivity index (χ1) is 21.2. The molecule has 266 valence electrons. The van der Waals surface area contributed by atoms with Crippen LogP contribution in [0.5, 0.6) is 0 Å². The maximum Gasteiger partial charge on any atom is 0.472 e. The summed E-state index contributed by atoms with van der Waals surface area (Å²) in [6.45, 7) is -2.01. The molecule has 2 heterocycles. The molecule has 0 bridgehead atoms. The Labute approximate surface area is 263 Å². The zero-order valence-electron chi connectivity index (χ0n) is 24.0. The molecular formula is C24H45O19PS. The van der Waals surface area contributed by atoms with Crippen LogP contribution in [-0.4, -0.2) is 185 Å². The molecule has 1 aliphatic carbocycles. The Morgan fingerprint density at radius 1 is 0.578 bits per heavy atom. The van der Waals surface area contributed by atoms with Crippen molar-refractivity contribution in [2.75, 3.05) is 25.6 Å². The van der Waals surface area contributed by atoms with E-state index in [0.717, 1.165) is 12.8 Å². The van der Waals surface area contributed by atoms with Crippen LogP contribution in [0, 0.1) is 0 Å². The fourth-order valence-corrected chi connectivity index (χ4v) is 6.39. The molecule has 2 saturated heterocycles. The van der Waals surface area contributed by atoms with Gasteiger partial charge in [0.1, 0.15) is 85.5 Å². The molecule has 0 amide bonds. The first-order valence-electron chi connectivity index (χ1n) is 14.4. The Morgan fingerprint density at radius 2 is 1.00 bits per heavy atom. The van der Waals surface area contributed by atoms with Crippen LogP contribution in [0.25, 0.3) is 0 Å². The van der Waals surface area contributed by atoms with Gasteiger partial charge in [-0.2, -0.15) is 12.6 Å². The lowest BCUT2D eigenvalue weighted by molar-refractivity contribution is -0.360. The largest absolute Gasteiger partial charge is 0.472 e. The highest BCUT2D eigenvalue weighted by molar-refractivity contribution is 7.80. The predicted molar refractivity (Wildman–Crippen MR) is 148 cm³/mol. The van der Waals surface area contributed by atoms with Gasteiger partial charge in [-0.3, -0.25) is 9.05 Å². The summed E-state index contributed by atoms with van der Waals surface area (Å²) in [5.41, 5.74) is 0. The number of phosphoric ester groups is 1. The van der Waals surface area contributed by atoms with Crippen LogP contribution in [0.1, 0.15) is 25.7 Å². The van der Waals surface area contributed by atoms with Gasteiger partial charge in [0.25, 0.3) is 0 Å². The van der Waals surface area contributed by atoms with Crippen molar-refractivity contribution in [2.24, 2.45) is 0 Å². The Hall–Kier alpha value is -0.140. The second kappa shape index (κ2) is 17.5. The van der Waals surface area contributed by atoms with Gasteiger partial charge in [0.2, 0.25) is 0 Å². The van der Waals surface area contributed by atoms with Crippen LogP contribution in [0.2, 0.25) is 0 Å². The van der Waals surface area contributed by atoms with Gasteiger partial charge < -0.3 is 80.0 Å². The molecule has 3 rings (SSSR count). The van der Waals surface area contributed by atoms with E-state index in [9.17, 15) is 65.6 Å². The molecular weight excluding hydrogens is 655 g/mol. The second-order valence-electron chi connectivity index (χ2n) is 11.1. The molecule has 0 radical (unpaired) electrons. The van der Waals surface area contributed by atoms with Gasteiger partial charge in [0.05, 0.1) is 19.8 Å². The summed E-state index contributed by atoms with van der Waals surface area (Å²) in [5, 5.41) is 113. The summed E-state index contributed by atoms with van der Waals surface area (Å²) in [4.78, 5) is 10.6. The molecule has 0 aromatic carbocycles. The predicted octanol–water partition coefficient (Wildman–Crippen LogP) is -5.55. The van der Waals surface area contributed by atoms with Gasteiger partial charge in [-0.15, -0.1) is 0 Å². The molecule has 1 saturated carbocycles. The zero-order valence-corrected chi connectivity index (χ0v) is 25.8. The quantitative estimate of drug-likeness (QED) is 0.0430. The van der Waals surface area contributed by atoms with Gasteiger partial charge in [0, 0.05) is 0 Å². The average Bonchev–Trinajstić information content (AvgIpc) is 3.01. The third-order valence-electron chi connectivity index (χ3n) is 7.86. The monoisotopic (exact) mass is 700 g/mol. The van der Waals surface area contributed by atoms with Crippen LogP contribution in [0.4, 0.5) is 0 Å². The Kier molecular flexibility index (Phi) is 15.3. The lowest BCUT2D eigenvalue weighted by Gasteiger charge is -2.49. The number of aliphatic hydroxyl groups excluding tert-OH is 11. The number of unbranched alkanes of at least 4 members (excludes halogenated alkanes) is 3. The molecule has 2 aliphatic heterocycles. The highest BCUT2D eigenvalue weighted by Crippen LogP contribution is 2.48. The van der Waals surface area contributed by atoms with Crippen LogP contribution in [0.15, 0.2) is 0 Å². The molecule has 17 atom stereocenters. The van der Waals surface area contributed by atoms with Crippen molar-refractivity contribution in [1.29, 1.82) is 0 Å². The van der Waals surface area contributed by atoms with Crippen LogP contribution in [-0.2, 0) is 32.6 Å². The van der Waals surface area contributed by atoms with E-state index < -0.39 is 119 Å². The molecule has 12 N–H and O–H groups in total. The number of hydrogen-bond donors (Lipinski definition) is 13. The molecule has 0 spiro atoms. The fourth-order valence-electron chi connectivity index (χ4n) is 5.20. The summed E-state index contributed by atoms with van der Waals surface area (Å²) in [7, 11) is -5.13. The van der Waals surface area contributed by atoms with Crippen molar-refractivity contribution in [3.05, 3.63) is 0 Å². The van der Waals surface area contributed by atoms with Crippen LogP contribution >= 0.6 is 20.5 Å². The molecule has 45 heavy (non-hydrogen) atoms. The molecule has 19 nitrogen and oxygen atoms in total. The molecule has 10 unspecified atom stereocenters. The molecule has 0 aromatic heterocycles. The summed E-state index contributed by atoms with van der Waals surface area (Å²) in [6, 6.07) is 0. The Morgan fingerprint density at radius 3 is 1.42 bits per heavy atom. The summed E-state index contributed by atoms with van der Waals surface area (Å²) >= 11 is 4.10. The highest BCUT2D eigenvalue weighted by atomic mass is 32.1. The summed E-state index contributed by atoms with van der Waals surface area (Å²) < 4.78 is 45.1. The van der Waals surface area contributed by atoms with Crippen molar-refractivity contribution < 1.29 is 93.6 Å². The van der Waals surface area contributed by atoms with E-state index in [-0.39, 0.29) is 6.61 Å². The van der Waals surface area contributed by atoms with Gasteiger partial charge in [-0.1, -0.05) is 12.8 Å². The maximum absolute atomic E-state index is 13.0. The van der Waals surface area contributed by atoms with Crippen LogP contribution in [0.3, 0.4) is 0 Å². The van der Waals surface area contributed by atoms with E-state index in [1.165, 1.54) is 0 Å². The third kappa shape index (κ3) is 9.52. The zero-order chi connectivity index (χ0) is 33.6. The Balaban J connectivity index is 1.92. The molecule has 21 heteroatoms. The number of hydrogen-bond acceptors (Lipinski definition) is 19. The van der Waals surface area contributed by atoms with Gasteiger partial charge >= 0.3 is 7.82 Å². The van der Waals surface area contributed by atoms with Gasteiger partial charge in [-0.25, -0.2) is 4.57 Å². The van der Waals surface area contributed by atoms with Crippen molar-refractivity contribution in [2.45, 2.75) is 124 Å². The number of thiol groups is 1. The van der Waals surface area contributed by atoms with Crippen molar-refractivity contribution in [3.63, 3.8) is 0 Å². The van der Waals surface area contributed by atoms with E-state index in [2.05, 4.69) is 12.6 Å². The second-order valence-corrected chi connectivity index (χ2v) is 12.9. The van der Waals surface area contributed by atoms with Crippen molar-refractivity contribution in [3.8, 4) is 0 Å². The Bertz CT molecular complexity index is 883. The van der Waals surface area contributed by atoms with Gasteiger partial charge in [-0.05, 0) is 18.6 Å². The lowest BCUT2D eigenvalue weighted by Crippen LogP contribution is -2.69. The minimum Gasteiger partial charge on any atom is -0.394 e. The van der Waals surface area contributed by atoms with Crippen molar-refractivity contribution >= 4 is 20.5 Å². The van der Waals surface area contributed by atoms with E-state index in [1.807, 2.05) is 0 Å². The normalized spacial score (nSPS) is 45.7. The molecule has 3 fully saturated rings. The van der Waals surface area contributed by atoms with E-state index in [0.29, 0.717) is 18.6 Å². The van der Waals surface area contributed by atoms with E-state index >= 15 is 0 Å². The third-order valence-corrected chi connectivity index (χ3v) is 9.20. The standard InChI is InChI=1S/C24H45O19PS/c25-7-9-11(27)13(29)18(34)23(39-9)41-20-16(32)15(31)17(33)21(42-24-19(35)14(30)12(28)10(8-26)40-24)22(20)43-44(36,37)38-5-3-1-2-4-6-45/h9-35,45H,1-8H2,(H,36,37)/t9?,10?,11-,12-,13+,14+,15?,16?,17?,18?,19?,20+,21?,22?,23-,24-/m1/s1. The first-order valence-corrected chi connectivity index (χ1v) is 16.5. The summed E-state index contributed by atoms with van der Waals surface area (Å²) in [5.74, 6) is 0.645. The number of ether oxygens (including phenoxy) is 4. The molecule has 3 aliphatic rings. The van der Waals surface area contributed by atoms with Gasteiger partial charge in [0.15, 0.2) is 12.6 Å². The SMILES string of the molecule is O=P(O)(OCCCCCCS)OC1C(O[C@H]2OC(CO)[C@@H](O)[C@H](O)C2O)C(O)C(O)C(O)[C@@H]1O[C@H]1OC(CO)[C@@H](O)[C@H](O)C1O. The van der Waals surface area contributed by atoms with E-state index in [1.54, 1.807) is 0 Å². The fraction of sp³-hybridized carbons (Fsp3) is 1.00. The minimum absolute atomic E-state index is 0.280. The number of aliphatic hydroxyl groups is 11. The molecule has 0 aromatic rings. The lowest BCUT2D eigenvalue weighted by atomic mass is 9.84. The average molecular weight is 701 g/mol. The first kappa shape index (κ1) is 39.3. The van der Waals surface area contributed by atoms with Crippen molar-refractivity contribution in [1.82, 2.24) is 0 Å². The maximum atomic E-state index is 13.0. The summed E-state index contributed by atoms with van der Waals surface area (Å²) in [6.07, 6.45) is -28.9. The minimum atomic E-state index is -5.13. The van der Waals surface area contributed by atoms with E-state index in [4.69, 9.17) is 28.0 Å². The number of phosphoric acid groups is 1. The topological polar surface area (TPSA) is 315 Å². The highest BCUT2D eigenvalue weighted by Gasteiger charge is 2.58.